The maximum atomic E-state index is 12.5. The summed E-state index contributed by atoms with van der Waals surface area (Å²) < 4.78 is 37.9. The van der Waals surface area contributed by atoms with E-state index in [1.807, 2.05) is 0 Å². The first-order chi connectivity index (χ1) is 8.74. The Bertz CT molecular complexity index is 424. The van der Waals surface area contributed by atoms with Crippen LogP contribution < -0.4 is 4.90 Å². The molecule has 1 atom stereocenters. The quantitative estimate of drug-likeness (QED) is 0.865. The lowest BCUT2D eigenvalue weighted by atomic mass is 10.1. The third-order valence-electron chi connectivity index (χ3n) is 2.53. The summed E-state index contributed by atoms with van der Waals surface area (Å²) in [6.45, 7) is -0.0599. The molecular formula is C12H15BrF3NO2. The van der Waals surface area contributed by atoms with Crippen molar-refractivity contribution in [1.82, 2.24) is 0 Å². The topological polar surface area (TPSA) is 43.7 Å². The number of alkyl halides is 3. The molecule has 19 heavy (non-hydrogen) atoms. The van der Waals surface area contributed by atoms with Crippen LogP contribution in [0.4, 0.5) is 18.9 Å². The Morgan fingerprint density at radius 3 is 2.42 bits per heavy atom. The molecule has 1 aromatic carbocycles. The monoisotopic (exact) mass is 341 g/mol. The zero-order valence-corrected chi connectivity index (χ0v) is 11.9. The molecule has 0 amide bonds. The Morgan fingerprint density at radius 2 is 2.00 bits per heavy atom. The van der Waals surface area contributed by atoms with E-state index in [4.69, 9.17) is 5.11 Å². The van der Waals surface area contributed by atoms with E-state index in [1.165, 1.54) is 6.07 Å². The number of nitrogens with zero attached hydrogens (tertiary/aromatic N) is 1. The van der Waals surface area contributed by atoms with Crippen LogP contribution in [0.3, 0.4) is 0 Å². The molecule has 1 rings (SSSR count). The number of hydrogen-bond acceptors (Lipinski definition) is 3. The molecule has 0 saturated heterocycles. The minimum atomic E-state index is -4.35. The molecule has 0 aliphatic carbocycles. The number of aliphatic hydroxyl groups is 2. The molecule has 0 fully saturated rings. The highest BCUT2D eigenvalue weighted by atomic mass is 79.9. The lowest BCUT2D eigenvalue weighted by Gasteiger charge is -2.26. The number of benzene rings is 1. The highest BCUT2D eigenvalue weighted by Crippen LogP contribution is 2.31. The fourth-order valence-corrected chi connectivity index (χ4v) is 2.31. The summed E-state index contributed by atoms with van der Waals surface area (Å²) in [5.41, 5.74) is 0.933. The summed E-state index contributed by atoms with van der Waals surface area (Å²) in [5, 5.41) is 18.3. The average molecular weight is 342 g/mol. The van der Waals surface area contributed by atoms with E-state index in [0.717, 1.165) is 4.90 Å². The van der Waals surface area contributed by atoms with Crippen molar-refractivity contribution in [3.8, 4) is 0 Å². The predicted molar refractivity (Wildman–Crippen MR) is 70.1 cm³/mol. The molecule has 0 saturated carbocycles. The van der Waals surface area contributed by atoms with Crippen molar-refractivity contribution in [2.24, 2.45) is 0 Å². The minimum absolute atomic E-state index is 0.119. The number of hydrogen-bond donors (Lipinski definition) is 2. The number of halogens is 4. The molecule has 0 aliphatic rings. The molecule has 108 valence electrons. The number of rotatable bonds is 5. The van der Waals surface area contributed by atoms with Crippen LogP contribution >= 0.6 is 15.9 Å². The lowest BCUT2D eigenvalue weighted by molar-refractivity contribution is -0.119. The summed E-state index contributed by atoms with van der Waals surface area (Å²) >= 11 is 3.19. The van der Waals surface area contributed by atoms with Gasteiger partial charge in [0.15, 0.2) is 0 Å². The Labute approximate surface area is 117 Å². The van der Waals surface area contributed by atoms with Gasteiger partial charge in [-0.05, 0) is 40.5 Å². The number of aliphatic hydroxyl groups excluding tert-OH is 2. The van der Waals surface area contributed by atoms with Gasteiger partial charge in [0, 0.05) is 11.0 Å². The molecule has 0 aromatic heterocycles. The smallest absolute Gasteiger partial charge is 0.395 e. The Morgan fingerprint density at radius 1 is 1.37 bits per heavy atom. The highest BCUT2D eigenvalue weighted by molar-refractivity contribution is 9.10. The summed E-state index contributed by atoms with van der Waals surface area (Å²) in [6.07, 6.45) is -5.04. The average Bonchev–Trinajstić information content (AvgIpc) is 2.26. The summed E-state index contributed by atoms with van der Waals surface area (Å²) in [5.74, 6) is 0. The third kappa shape index (κ3) is 5.00. The van der Waals surface area contributed by atoms with Crippen molar-refractivity contribution in [1.29, 1.82) is 0 Å². The SMILES string of the molecule is C[C@H](O)c1ccc(N(CCO)CC(F)(F)F)c(Br)c1. The van der Waals surface area contributed by atoms with Crippen molar-refractivity contribution in [2.75, 3.05) is 24.6 Å². The molecule has 7 heteroatoms. The second-order valence-electron chi connectivity index (χ2n) is 4.15. The standard InChI is InChI=1S/C12H15BrF3NO2/c1-8(19)9-2-3-11(10(13)6-9)17(4-5-18)7-12(14,15)16/h2-3,6,8,18-19H,4-5,7H2,1H3/t8-/m0/s1. The van der Waals surface area contributed by atoms with Crippen molar-refractivity contribution in [2.45, 2.75) is 19.2 Å². The van der Waals surface area contributed by atoms with E-state index in [9.17, 15) is 18.3 Å². The first kappa shape index (κ1) is 16.3. The molecule has 0 bridgehead atoms. The Hall–Kier alpha value is -0.790. The number of anilines is 1. The van der Waals surface area contributed by atoms with Gasteiger partial charge in [-0.1, -0.05) is 6.07 Å². The first-order valence-electron chi connectivity index (χ1n) is 5.64. The second kappa shape index (κ2) is 6.58. The van der Waals surface area contributed by atoms with Gasteiger partial charge in [0.05, 0.1) is 18.4 Å². The molecule has 0 spiro atoms. The maximum Gasteiger partial charge on any atom is 0.405 e. The van der Waals surface area contributed by atoms with E-state index < -0.39 is 18.8 Å². The van der Waals surface area contributed by atoms with Crippen LogP contribution in [0, 0.1) is 0 Å². The van der Waals surface area contributed by atoms with Crippen LogP contribution in [0.1, 0.15) is 18.6 Å². The van der Waals surface area contributed by atoms with E-state index in [0.29, 0.717) is 15.7 Å². The molecule has 0 radical (unpaired) electrons. The predicted octanol–water partition coefficient (Wildman–Crippen LogP) is 2.86. The van der Waals surface area contributed by atoms with Crippen molar-refractivity contribution >= 4 is 21.6 Å². The van der Waals surface area contributed by atoms with Gasteiger partial charge in [0.25, 0.3) is 0 Å². The minimum Gasteiger partial charge on any atom is -0.395 e. The van der Waals surface area contributed by atoms with E-state index in [1.54, 1.807) is 19.1 Å². The van der Waals surface area contributed by atoms with Gasteiger partial charge in [-0.15, -0.1) is 0 Å². The molecule has 1 aromatic rings. The second-order valence-corrected chi connectivity index (χ2v) is 5.00. The maximum absolute atomic E-state index is 12.5. The first-order valence-corrected chi connectivity index (χ1v) is 6.44. The Balaban J connectivity index is 3.02. The van der Waals surface area contributed by atoms with Crippen LogP contribution in [-0.2, 0) is 0 Å². The largest absolute Gasteiger partial charge is 0.405 e. The van der Waals surface area contributed by atoms with Crippen LogP contribution in [0.5, 0.6) is 0 Å². The van der Waals surface area contributed by atoms with Gasteiger partial charge in [-0.2, -0.15) is 13.2 Å². The van der Waals surface area contributed by atoms with Gasteiger partial charge in [0.1, 0.15) is 6.54 Å². The molecule has 0 heterocycles. The van der Waals surface area contributed by atoms with Crippen molar-refractivity contribution < 1.29 is 23.4 Å². The lowest BCUT2D eigenvalue weighted by Crippen LogP contribution is -2.36. The molecule has 0 aliphatic heterocycles. The summed E-state index contributed by atoms with van der Waals surface area (Å²) in [4.78, 5) is 1.04. The van der Waals surface area contributed by atoms with Crippen LogP contribution in [0.2, 0.25) is 0 Å². The van der Waals surface area contributed by atoms with Crippen LogP contribution in [-0.4, -0.2) is 36.1 Å². The molecule has 3 nitrogen and oxygen atoms in total. The summed E-state index contributed by atoms with van der Waals surface area (Å²) in [7, 11) is 0. The van der Waals surface area contributed by atoms with E-state index in [-0.39, 0.29) is 13.2 Å². The van der Waals surface area contributed by atoms with Gasteiger partial charge in [-0.3, -0.25) is 0 Å². The fourth-order valence-electron chi connectivity index (χ4n) is 1.66. The zero-order valence-electron chi connectivity index (χ0n) is 10.3. The van der Waals surface area contributed by atoms with Gasteiger partial charge < -0.3 is 15.1 Å². The highest BCUT2D eigenvalue weighted by Gasteiger charge is 2.31. The third-order valence-corrected chi connectivity index (χ3v) is 3.17. The molecule has 2 N–H and O–H groups in total. The van der Waals surface area contributed by atoms with Gasteiger partial charge in [-0.25, -0.2) is 0 Å². The van der Waals surface area contributed by atoms with Crippen molar-refractivity contribution in [3.63, 3.8) is 0 Å². The van der Waals surface area contributed by atoms with Crippen molar-refractivity contribution in [3.05, 3.63) is 28.2 Å². The van der Waals surface area contributed by atoms with Crippen LogP contribution in [0.15, 0.2) is 22.7 Å². The van der Waals surface area contributed by atoms with Gasteiger partial charge in [0.2, 0.25) is 0 Å². The van der Waals surface area contributed by atoms with Gasteiger partial charge >= 0.3 is 6.18 Å². The molecule has 0 unspecified atom stereocenters. The normalized spacial score (nSPS) is 13.4. The Kier molecular flexibility index (Phi) is 5.64. The zero-order chi connectivity index (χ0) is 14.6. The summed E-state index contributed by atoms with van der Waals surface area (Å²) in [6, 6.07) is 4.62. The van der Waals surface area contributed by atoms with E-state index >= 15 is 0 Å². The van der Waals surface area contributed by atoms with E-state index in [2.05, 4.69) is 15.9 Å². The molecular weight excluding hydrogens is 327 g/mol. The fraction of sp³-hybridized carbons (Fsp3) is 0.500. The van der Waals surface area contributed by atoms with Crippen LogP contribution in [0.25, 0.3) is 0 Å².